The van der Waals surface area contributed by atoms with E-state index in [1.165, 1.54) is 6.07 Å². The van der Waals surface area contributed by atoms with Gasteiger partial charge in [0, 0.05) is 17.0 Å². The first kappa shape index (κ1) is 22.9. The van der Waals surface area contributed by atoms with Crippen LogP contribution in [0.15, 0.2) is 51.7 Å². The molecule has 1 amide bonds. The van der Waals surface area contributed by atoms with Crippen LogP contribution in [-0.4, -0.2) is 18.1 Å². The first-order valence-corrected chi connectivity index (χ1v) is 11.3. The van der Waals surface area contributed by atoms with Crippen LogP contribution in [0.4, 0.5) is 4.79 Å². The van der Waals surface area contributed by atoms with Crippen molar-refractivity contribution in [1.29, 1.82) is 0 Å². The highest BCUT2D eigenvalue weighted by Crippen LogP contribution is 2.34. The molecule has 0 saturated heterocycles. The Balaban J connectivity index is 1.47. The molecule has 7 nitrogen and oxygen atoms in total. The standard InChI is InChI=1S/C25H24ClNO6/c1-2-7-20(27-25(30)31-14-15-8-4-3-5-9-15)24(29)33-22-13-21-18(12-19(22)26)16-10-6-11-17(16)23(28)32-21/h3-5,8-9,12-13,20H,2,6-7,10-11,14H2,1H3,(H,27,30)/t20-/m1/s1. The molecular formula is C25H24ClNO6. The number of amides is 1. The molecule has 1 aromatic heterocycles. The molecule has 1 heterocycles. The lowest BCUT2D eigenvalue weighted by Crippen LogP contribution is -2.43. The first-order chi connectivity index (χ1) is 16.0. The molecule has 8 heteroatoms. The molecule has 0 aliphatic heterocycles. The van der Waals surface area contributed by atoms with E-state index in [1.54, 1.807) is 6.07 Å². The molecular weight excluding hydrogens is 446 g/mol. The lowest BCUT2D eigenvalue weighted by molar-refractivity contribution is -0.136. The molecule has 0 fully saturated rings. The SMILES string of the molecule is CCC[C@@H](NC(=O)OCc1ccccc1)C(=O)Oc1cc2oc(=O)c3c(c2cc1Cl)CCC3. The number of halogens is 1. The number of fused-ring (bicyclic) bond motifs is 3. The van der Waals surface area contributed by atoms with E-state index in [-0.39, 0.29) is 23.0 Å². The monoisotopic (exact) mass is 469 g/mol. The average Bonchev–Trinajstić information content (AvgIpc) is 3.30. The highest BCUT2D eigenvalue weighted by molar-refractivity contribution is 6.33. The minimum Gasteiger partial charge on any atom is -0.445 e. The highest BCUT2D eigenvalue weighted by atomic mass is 35.5. The largest absolute Gasteiger partial charge is 0.445 e. The number of carbonyl (C=O) groups is 2. The van der Waals surface area contributed by atoms with E-state index in [0.717, 1.165) is 29.4 Å². The third kappa shape index (κ3) is 5.20. The minimum absolute atomic E-state index is 0.0656. The molecule has 1 atom stereocenters. The van der Waals surface area contributed by atoms with Crippen LogP contribution in [-0.2, 0) is 29.0 Å². The van der Waals surface area contributed by atoms with Gasteiger partial charge in [0.1, 0.15) is 18.2 Å². The van der Waals surface area contributed by atoms with Crippen molar-refractivity contribution < 1.29 is 23.5 Å². The van der Waals surface area contributed by atoms with Crippen LogP contribution < -0.4 is 15.7 Å². The number of alkyl carbamates (subject to hydrolysis) is 1. The number of esters is 1. The fourth-order valence-electron chi connectivity index (χ4n) is 3.99. The summed E-state index contributed by atoms with van der Waals surface area (Å²) >= 11 is 6.38. The van der Waals surface area contributed by atoms with Crippen LogP contribution in [0.25, 0.3) is 11.0 Å². The second-order valence-corrected chi connectivity index (χ2v) is 8.35. The van der Waals surface area contributed by atoms with Gasteiger partial charge in [-0.3, -0.25) is 0 Å². The van der Waals surface area contributed by atoms with E-state index in [9.17, 15) is 14.4 Å². The predicted molar refractivity (Wildman–Crippen MR) is 124 cm³/mol. The lowest BCUT2D eigenvalue weighted by Gasteiger charge is -2.17. The van der Waals surface area contributed by atoms with E-state index in [4.69, 9.17) is 25.5 Å². The zero-order valence-electron chi connectivity index (χ0n) is 18.2. The maximum Gasteiger partial charge on any atom is 0.408 e. The zero-order valence-corrected chi connectivity index (χ0v) is 18.9. The van der Waals surface area contributed by atoms with Crippen LogP contribution in [0, 0.1) is 0 Å². The van der Waals surface area contributed by atoms with Gasteiger partial charge in [-0.2, -0.15) is 0 Å². The molecule has 2 aromatic carbocycles. The molecule has 33 heavy (non-hydrogen) atoms. The van der Waals surface area contributed by atoms with Gasteiger partial charge in [-0.25, -0.2) is 14.4 Å². The van der Waals surface area contributed by atoms with Crippen LogP contribution in [0.3, 0.4) is 0 Å². The molecule has 0 bridgehead atoms. The molecule has 0 unspecified atom stereocenters. The number of benzene rings is 2. The Morgan fingerprint density at radius 2 is 1.91 bits per heavy atom. The summed E-state index contributed by atoms with van der Waals surface area (Å²) in [6.07, 6.45) is 2.62. The lowest BCUT2D eigenvalue weighted by atomic mass is 10.1. The topological polar surface area (TPSA) is 94.8 Å². The normalized spacial score (nSPS) is 13.4. The highest BCUT2D eigenvalue weighted by Gasteiger charge is 2.25. The van der Waals surface area contributed by atoms with Gasteiger partial charge < -0.3 is 19.2 Å². The number of carbonyl (C=O) groups excluding carboxylic acids is 2. The number of hydrogen-bond donors (Lipinski definition) is 1. The van der Waals surface area contributed by atoms with Crippen LogP contribution in [0.2, 0.25) is 5.02 Å². The third-order valence-electron chi connectivity index (χ3n) is 5.60. The second kappa shape index (κ2) is 10.1. The molecule has 0 spiro atoms. The second-order valence-electron chi connectivity index (χ2n) is 7.95. The van der Waals surface area contributed by atoms with Gasteiger partial charge in [0.2, 0.25) is 0 Å². The summed E-state index contributed by atoms with van der Waals surface area (Å²) in [5, 5.41) is 3.53. The predicted octanol–water partition coefficient (Wildman–Crippen LogP) is 4.94. The molecule has 172 valence electrons. The van der Waals surface area contributed by atoms with Crippen molar-refractivity contribution in [3.8, 4) is 5.75 Å². The summed E-state index contributed by atoms with van der Waals surface area (Å²) in [6.45, 7) is 1.97. The van der Waals surface area contributed by atoms with Crippen molar-refractivity contribution in [2.75, 3.05) is 0 Å². The molecule has 1 N–H and O–H groups in total. The molecule has 1 aliphatic carbocycles. The van der Waals surface area contributed by atoms with E-state index < -0.39 is 18.1 Å². The Morgan fingerprint density at radius 3 is 2.67 bits per heavy atom. The van der Waals surface area contributed by atoms with E-state index >= 15 is 0 Å². The number of aryl methyl sites for hydroxylation is 1. The zero-order chi connectivity index (χ0) is 23.4. The van der Waals surface area contributed by atoms with Gasteiger partial charge in [-0.1, -0.05) is 55.3 Å². The van der Waals surface area contributed by atoms with Crippen molar-refractivity contribution in [3.63, 3.8) is 0 Å². The minimum atomic E-state index is -0.919. The number of ether oxygens (including phenoxy) is 2. The van der Waals surface area contributed by atoms with Crippen LogP contribution in [0.5, 0.6) is 5.75 Å². The number of nitrogens with one attached hydrogen (secondary N) is 1. The Morgan fingerprint density at radius 1 is 1.15 bits per heavy atom. The Labute approximate surface area is 195 Å². The quantitative estimate of drug-likeness (QED) is 0.299. The molecule has 1 aliphatic rings. The molecule has 0 saturated carbocycles. The average molecular weight is 470 g/mol. The molecule has 0 radical (unpaired) electrons. The summed E-state index contributed by atoms with van der Waals surface area (Å²) in [6, 6.07) is 11.4. The van der Waals surface area contributed by atoms with Crippen LogP contribution >= 0.6 is 11.6 Å². The first-order valence-electron chi connectivity index (χ1n) is 10.9. The third-order valence-corrected chi connectivity index (χ3v) is 5.90. The van der Waals surface area contributed by atoms with Crippen molar-refractivity contribution in [2.45, 2.75) is 51.7 Å². The van der Waals surface area contributed by atoms with Gasteiger partial charge >= 0.3 is 17.7 Å². The van der Waals surface area contributed by atoms with E-state index in [2.05, 4.69) is 5.32 Å². The summed E-state index contributed by atoms with van der Waals surface area (Å²) in [5.74, 6) is -0.617. The smallest absolute Gasteiger partial charge is 0.408 e. The summed E-state index contributed by atoms with van der Waals surface area (Å²) in [7, 11) is 0. The number of rotatable bonds is 7. The number of hydrogen-bond acceptors (Lipinski definition) is 6. The van der Waals surface area contributed by atoms with Gasteiger partial charge in [-0.15, -0.1) is 0 Å². The fraction of sp³-hybridized carbons (Fsp3) is 0.320. The summed E-state index contributed by atoms with van der Waals surface area (Å²) in [5.41, 5.74) is 2.40. The van der Waals surface area contributed by atoms with Gasteiger partial charge in [0.15, 0.2) is 5.75 Å². The van der Waals surface area contributed by atoms with Gasteiger partial charge in [0.25, 0.3) is 0 Å². The maximum absolute atomic E-state index is 12.8. The summed E-state index contributed by atoms with van der Waals surface area (Å²) < 4.78 is 16.1. The van der Waals surface area contributed by atoms with E-state index in [1.807, 2.05) is 37.3 Å². The fourth-order valence-corrected chi connectivity index (χ4v) is 4.19. The Hall–Kier alpha value is -3.32. The van der Waals surface area contributed by atoms with E-state index in [0.29, 0.717) is 30.4 Å². The van der Waals surface area contributed by atoms with Crippen molar-refractivity contribution in [3.05, 3.63) is 74.6 Å². The van der Waals surface area contributed by atoms with Crippen LogP contribution in [0.1, 0.15) is 42.9 Å². The van der Waals surface area contributed by atoms with Gasteiger partial charge in [0.05, 0.1) is 5.02 Å². The Bertz CT molecular complexity index is 1240. The Kier molecular flexibility index (Phi) is 6.99. The molecule has 4 rings (SSSR count). The maximum atomic E-state index is 12.8. The van der Waals surface area contributed by atoms with Crippen molar-refractivity contribution in [1.82, 2.24) is 5.32 Å². The van der Waals surface area contributed by atoms with Crippen molar-refractivity contribution >= 4 is 34.6 Å². The summed E-state index contributed by atoms with van der Waals surface area (Å²) in [4.78, 5) is 37.3. The van der Waals surface area contributed by atoms with Crippen molar-refractivity contribution in [2.24, 2.45) is 0 Å². The van der Waals surface area contributed by atoms with Gasteiger partial charge in [-0.05, 0) is 42.9 Å². The molecule has 3 aromatic rings.